The van der Waals surface area contributed by atoms with Gasteiger partial charge in [-0.3, -0.25) is 0 Å². The predicted octanol–water partition coefficient (Wildman–Crippen LogP) is 4.28. The predicted molar refractivity (Wildman–Crippen MR) is 80.6 cm³/mol. The Labute approximate surface area is 117 Å². The summed E-state index contributed by atoms with van der Waals surface area (Å²) in [5, 5.41) is 0. The number of benzene rings is 2. The average Bonchev–Trinajstić information content (AvgIpc) is 2.47. The van der Waals surface area contributed by atoms with Crippen LogP contribution in [0.1, 0.15) is 5.76 Å². The highest BCUT2D eigenvalue weighted by molar-refractivity contribution is 5.83. The fraction of sp³-hybridized carbons (Fsp3) is 0.0556. The first kappa shape index (κ1) is 12.4. The summed E-state index contributed by atoms with van der Waals surface area (Å²) in [6, 6.07) is 21.6. The van der Waals surface area contributed by atoms with Crippen LogP contribution >= 0.6 is 0 Å². The minimum absolute atomic E-state index is 0.317. The molecule has 0 atom stereocenters. The van der Waals surface area contributed by atoms with Crippen LogP contribution in [0.3, 0.4) is 0 Å². The minimum Gasteiger partial charge on any atom is -0.428 e. The minimum atomic E-state index is -0.317. The van der Waals surface area contributed by atoms with Crippen molar-refractivity contribution in [3.8, 4) is 22.3 Å². The maximum Gasteiger partial charge on any atom is 0.336 e. The van der Waals surface area contributed by atoms with Crippen LogP contribution in [0, 0.1) is 6.92 Å². The highest BCUT2D eigenvalue weighted by Gasteiger charge is 2.08. The normalized spacial score (nSPS) is 10.4. The summed E-state index contributed by atoms with van der Waals surface area (Å²) < 4.78 is 5.03. The first-order valence-electron chi connectivity index (χ1n) is 6.51. The number of hydrogen-bond donors (Lipinski definition) is 0. The third-order valence-corrected chi connectivity index (χ3v) is 3.22. The number of rotatable bonds is 2. The lowest BCUT2D eigenvalue weighted by Crippen LogP contribution is -1.98. The Kier molecular flexibility index (Phi) is 3.21. The first-order chi connectivity index (χ1) is 9.74. The number of hydrogen-bond acceptors (Lipinski definition) is 2. The van der Waals surface area contributed by atoms with E-state index < -0.39 is 0 Å². The summed E-state index contributed by atoms with van der Waals surface area (Å²) in [4.78, 5) is 11.6. The Bertz CT molecular complexity index is 786. The van der Waals surface area contributed by atoms with Crippen LogP contribution < -0.4 is 5.63 Å². The van der Waals surface area contributed by atoms with E-state index in [1.165, 1.54) is 6.07 Å². The Balaban J connectivity index is 2.22. The van der Waals surface area contributed by atoms with Crippen LogP contribution in [-0.2, 0) is 0 Å². The van der Waals surface area contributed by atoms with Crippen molar-refractivity contribution in [2.75, 3.05) is 0 Å². The van der Waals surface area contributed by atoms with Crippen molar-refractivity contribution >= 4 is 0 Å². The lowest BCUT2D eigenvalue weighted by atomic mass is 9.95. The molecular formula is C18H14O2. The summed E-state index contributed by atoms with van der Waals surface area (Å²) in [7, 11) is 0. The standard InChI is InChI=1S/C18H14O2/c1-13-11-15(12-18(19)20-13)17-10-6-5-9-16(17)14-7-3-2-4-8-14/h2-12H,1H3. The van der Waals surface area contributed by atoms with Crippen molar-refractivity contribution in [3.05, 3.63) is 82.9 Å². The van der Waals surface area contributed by atoms with Crippen molar-refractivity contribution in [2.24, 2.45) is 0 Å². The molecule has 3 aromatic rings. The Hall–Kier alpha value is -2.61. The Morgan fingerprint density at radius 3 is 2.00 bits per heavy atom. The van der Waals surface area contributed by atoms with Gasteiger partial charge in [-0.15, -0.1) is 0 Å². The molecule has 0 unspecified atom stereocenters. The molecule has 2 aromatic carbocycles. The zero-order valence-electron chi connectivity index (χ0n) is 11.2. The molecule has 0 aliphatic heterocycles. The van der Waals surface area contributed by atoms with Gasteiger partial charge < -0.3 is 4.42 Å². The van der Waals surface area contributed by atoms with Crippen molar-refractivity contribution in [1.82, 2.24) is 0 Å². The van der Waals surface area contributed by atoms with Crippen LogP contribution in [0.15, 0.2) is 75.9 Å². The smallest absolute Gasteiger partial charge is 0.336 e. The Morgan fingerprint density at radius 1 is 0.750 bits per heavy atom. The number of aryl methyl sites for hydroxylation is 1. The lowest BCUT2D eigenvalue weighted by molar-refractivity contribution is 0.481. The van der Waals surface area contributed by atoms with E-state index in [1.807, 2.05) is 42.5 Å². The molecule has 1 heterocycles. The van der Waals surface area contributed by atoms with Gasteiger partial charge >= 0.3 is 5.63 Å². The average molecular weight is 262 g/mol. The summed E-state index contributed by atoms with van der Waals surface area (Å²) >= 11 is 0. The molecule has 98 valence electrons. The molecule has 2 nitrogen and oxygen atoms in total. The van der Waals surface area contributed by atoms with Crippen LogP contribution in [0.4, 0.5) is 0 Å². The van der Waals surface area contributed by atoms with Gasteiger partial charge in [0.25, 0.3) is 0 Å². The van der Waals surface area contributed by atoms with Gasteiger partial charge in [0.1, 0.15) is 5.76 Å². The monoisotopic (exact) mass is 262 g/mol. The van der Waals surface area contributed by atoms with E-state index in [-0.39, 0.29) is 5.63 Å². The summed E-state index contributed by atoms with van der Waals surface area (Å²) in [6.07, 6.45) is 0. The van der Waals surface area contributed by atoms with Crippen LogP contribution in [0.2, 0.25) is 0 Å². The van der Waals surface area contributed by atoms with Gasteiger partial charge in [0.15, 0.2) is 0 Å². The van der Waals surface area contributed by atoms with Crippen molar-refractivity contribution in [1.29, 1.82) is 0 Å². The summed E-state index contributed by atoms with van der Waals surface area (Å²) in [5.74, 6) is 0.621. The first-order valence-corrected chi connectivity index (χ1v) is 6.51. The van der Waals surface area contributed by atoms with E-state index >= 15 is 0 Å². The molecule has 0 bridgehead atoms. The maximum atomic E-state index is 11.6. The maximum absolute atomic E-state index is 11.6. The Morgan fingerprint density at radius 2 is 1.35 bits per heavy atom. The molecule has 0 aliphatic carbocycles. The fourth-order valence-corrected chi connectivity index (χ4v) is 2.37. The molecule has 0 saturated carbocycles. The highest BCUT2D eigenvalue weighted by atomic mass is 16.4. The second-order valence-electron chi connectivity index (χ2n) is 4.69. The third-order valence-electron chi connectivity index (χ3n) is 3.22. The largest absolute Gasteiger partial charge is 0.428 e. The molecule has 0 fully saturated rings. The molecule has 2 heteroatoms. The molecule has 0 N–H and O–H groups in total. The third kappa shape index (κ3) is 2.41. The van der Waals surface area contributed by atoms with Crippen LogP contribution in [-0.4, -0.2) is 0 Å². The SMILES string of the molecule is Cc1cc(-c2ccccc2-c2ccccc2)cc(=O)o1. The molecule has 0 radical (unpaired) electrons. The molecule has 0 spiro atoms. The molecule has 0 amide bonds. The fourth-order valence-electron chi connectivity index (χ4n) is 2.37. The van der Waals surface area contributed by atoms with Gasteiger partial charge in [-0.1, -0.05) is 54.6 Å². The van der Waals surface area contributed by atoms with Crippen molar-refractivity contribution < 1.29 is 4.42 Å². The molecule has 0 saturated heterocycles. The van der Waals surface area contributed by atoms with E-state index in [4.69, 9.17) is 4.42 Å². The quantitative estimate of drug-likeness (QED) is 0.690. The molecular weight excluding hydrogens is 248 g/mol. The second kappa shape index (κ2) is 5.17. The van der Waals surface area contributed by atoms with E-state index in [0.717, 1.165) is 22.3 Å². The van der Waals surface area contributed by atoms with Crippen molar-refractivity contribution in [3.63, 3.8) is 0 Å². The van der Waals surface area contributed by atoms with E-state index in [1.54, 1.807) is 6.92 Å². The zero-order valence-corrected chi connectivity index (χ0v) is 11.2. The summed E-state index contributed by atoms with van der Waals surface area (Å²) in [5.41, 5.74) is 3.85. The van der Waals surface area contributed by atoms with E-state index in [2.05, 4.69) is 18.2 Å². The highest BCUT2D eigenvalue weighted by Crippen LogP contribution is 2.31. The van der Waals surface area contributed by atoms with Gasteiger partial charge in [-0.25, -0.2) is 4.79 Å². The summed E-state index contributed by atoms with van der Waals surface area (Å²) in [6.45, 7) is 1.79. The van der Waals surface area contributed by atoms with Gasteiger partial charge in [-0.2, -0.15) is 0 Å². The van der Waals surface area contributed by atoms with Gasteiger partial charge in [0, 0.05) is 6.07 Å². The second-order valence-corrected chi connectivity index (χ2v) is 4.69. The molecule has 0 aliphatic rings. The topological polar surface area (TPSA) is 30.2 Å². The van der Waals surface area contributed by atoms with Gasteiger partial charge in [0.2, 0.25) is 0 Å². The molecule has 20 heavy (non-hydrogen) atoms. The lowest BCUT2D eigenvalue weighted by Gasteiger charge is -2.10. The zero-order chi connectivity index (χ0) is 13.9. The van der Waals surface area contributed by atoms with Crippen molar-refractivity contribution in [2.45, 2.75) is 6.92 Å². The van der Waals surface area contributed by atoms with Crippen LogP contribution in [0.25, 0.3) is 22.3 Å². The molecule has 3 rings (SSSR count). The van der Waals surface area contributed by atoms with Gasteiger partial charge in [-0.05, 0) is 35.2 Å². The van der Waals surface area contributed by atoms with Crippen LogP contribution in [0.5, 0.6) is 0 Å². The molecule has 1 aromatic heterocycles. The van der Waals surface area contributed by atoms with Gasteiger partial charge in [0.05, 0.1) is 0 Å². The van der Waals surface area contributed by atoms with E-state index in [9.17, 15) is 4.79 Å². The van der Waals surface area contributed by atoms with E-state index in [0.29, 0.717) is 5.76 Å².